The lowest BCUT2D eigenvalue weighted by Crippen LogP contribution is -2.35. The Balaban J connectivity index is 2.13. The Morgan fingerprint density at radius 1 is 1.16 bits per heavy atom. The molecule has 1 heterocycles. The van der Waals surface area contributed by atoms with E-state index in [-0.39, 0.29) is 18.8 Å². The average Bonchev–Trinajstić information content (AvgIpc) is 3.09. The summed E-state index contributed by atoms with van der Waals surface area (Å²) in [6.45, 7) is 3.96. The summed E-state index contributed by atoms with van der Waals surface area (Å²) in [5.74, 6) is -2.61. The second-order valence-electron chi connectivity index (χ2n) is 5.21. The fraction of sp³-hybridized carbons (Fsp3) is 0.375. The van der Waals surface area contributed by atoms with E-state index in [1.807, 2.05) is 0 Å². The van der Waals surface area contributed by atoms with Gasteiger partial charge in [0.05, 0.1) is 0 Å². The molecule has 0 aliphatic heterocycles. The third-order valence-electron chi connectivity index (χ3n) is 3.48. The van der Waals surface area contributed by atoms with Crippen molar-refractivity contribution in [3.63, 3.8) is 0 Å². The predicted molar refractivity (Wildman–Crippen MR) is 81.1 cm³/mol. The van der Waals surface area contributed by atoms with Crippen molar-refractivity contribution in [2.24, 2.45) is 0 Å². The first-order valence-electron chi connectivity index (χ1n) is 7.58. The lowest BCUT2D eigenvalue weighted by molar-refractivity contribution is -0.159. The Morgan fingerprint density at radius 2 is 1.80 bits per heavy atom. The van der Waals surface area contributed by atoms with E-state index in [0.29, 0.717) is 12.1 Å². The van der Waals surface area contributed by atoms with Gasteiger partial charge in [-0.25, -0.2) is 0 Å². The van der Waals surface area contributed by atoms with Crippen LogP contribution in [0.4, 0.5) is 13.2 Å². The van der Waals surface area contributed by atoms with E-state index in [1.54, 1.807) is 26.0 Å². The van der Waals surface area contributed by atoms with Gasteiger partial charge in [0.15, 0.2) is 0 Å². The van der Waals surface area contributed by atoms with E-state index in [0.717, 1.165) is 5.56 Å². The summed E-state index contributed by atoms with van der Waals surface area (Å²) in [6.07, 6.45) is -4.56. The van der Waals surface area contributed by atoms with Gasteiger partial charge in [0.25, 0.3) is 5.91 Å². The van der Waals surface area contributed by atoms with Crippen LogP contribution in [0.3, 0.4) is 0 Å². The van der Waals surface area contributed by atoms with Gasteiger partial charge in [-0.2, -0.15) is 18.2 Å². The summed E-state index contributed by atoms with van der Waals surface area (Å²) in [5.41, 5.74) is 1.07. The van der Waals surface area contributed by atoms with E-state index in [9.17, 15) is 22.8 Å². The second kappa shape index (κ2) is 7.45. The van der Waals surface area contributed by atoms with Crippen LogP contribution in [-0.4, -0.2) is 33.3 Å². The van der Waals surface area contributed by atoms with E-state index >= 15 is 0 Å². The van der Waals surface area contributed by atoms with Crippen LogP contribution in [0, 0.1) is 0 Å². The number of hydrogen-bond acceptors (Lipinski definition) is 5. The minimum absolute atomic E-state index is 0.133. The lowest BCUT2D eigenvalue weighted by atomic mass is 10.1. The molecule has 0 saturated carbocycles. The first-order valence-corrected chi connectivity index (χ1v) is 7.58. The number of hydrogen-bond donors (Lipinski definition) is 0. The summed E-state index contributed by atoms with van der Waals surface area (Å²) in [4.78, 5) is 28.2. The zero-order chi connectivity index (χ0) is 18.6. The van der Waals surface area contributed by atoms with Crippen molar-refractivity contribution in [3.05, 3.63) is 35.7 Å². The van der Waals surface area contributed by atoms with Gasteiger partial charge in [0, 0.05) is 25.1 Å². The molecule has 1 aromatic heterocycles. The van der Waals surface area contributed by atoms with Crippen LogP contribution < -0.4 is 0 Å². The fourth-order valence-corrected chi connectivity index (χ4v) is 2.09. The molecule has 2 aromatic rings. The molecule has 0 aliphatic rings. The number of halogens is 3. The van der Waals surface area contributed by atoms with Crippen molar-refractivity contribution in [1.29, 1.82) is 0 Å². The lowest BCUT2D eigenvalue weighted by Gasteiger charge is -2.20. The predicted octanol–water partition coefficient (Wildman–Crippen LogP) is 3.08. The number of ketones is 1. The minimum atomic E-state index is -4.70. The molecule has 0 N–H and O–H groups in total. The average molecular weight is 355 g/mol. The Hall–Kier alpha value is -2.71. The van der Waals surface area contributed by atoms with Gasteiger partial charge in [0.2, 0.25) is 11.6 Å². The molecule has 0 fully saturated rings. The number of rotatable bonds is 6. The van der Waals surface area contributed by atoms with Crippen LogP contribution in [0.5, 0.6) is 0 Å². The molecule has 1 amide bonds. The highest BCUT2D eigenvalue weighted by molar-refractivity contribution is 6.35. The topological polar surface area (TPSA) is 76.3 Å². The molecule has 2 rings (SSSR count). The third-order valence-corrected chi connectivity index (χ3v) is 3.48. The first kappa shape index (κ1) is 18.6. The Labute approximate surface area is 141 Å². The van der Waals surface area contributed by atoms with Gasteiger partial charge in [-0.1, -0.05) is 36.3 Å². The van der Waals surface area contributed by atoms with E-state index < -0.39 is 23.8 Å². The zero-order valence-corrected chi connectivity index (χ0v) is 13.6. The van der Waals surface area contributed by atoms with Crippen LogP contribution in [0.1, 0.15) is 31.7 Å². The number of Topliss-reactive ketones (excluding diaryl/α,β-unsaturated/α-hetero) is 1. The van der Waals surface area contributed by atoms with Crippen molar-refractivity contribution in [1.82, 2.24) is 15.0 Å². The monoisotopic (exact) mass is 355 g/mol. The summed E-state index contributed by atoms with van der Waals surface area (Å²) >= 11 is 0. The molecule has 134 valence electrons. The van der Waals surface area contributed by atoms with Crippen molar-refractivity contribution in [3.8, 4) is 11.4 Å². The van der Waals surface area contributed by atoms with Crippen molar-refractivity contribution in [2.75, 3.05) is 6.54 Å². The van der Waals surface area contributed by atoms with Crippen LogP contribution in [0.25, 0.3) is 11.4 Å². The molecule has 0 aliphatic carbocycles. The Kier molecular flexibility index (Phi) is 5.55. The third kappa shape index (κ3) is 4.43. The SMILES string of the molecule is CCC(=O)C(=O)N(CC)Cc1ccc(-c2noc(C(F)(F)F)n2)cc1. The Bertz CT molecular complexity index is 754. The molecule has 0 saturated heterocycles. The number of carbonyl (C=O) groups excluding carboxylic acids is 2. The van der Waals surface area contributed by atoms with Gasteiger partial charge < -0.3 is 9.42 Å². The fourth-order valence-electron chi connectivity index (χ4n) is 2.09. The molecule has 1 aromatic carbocycles. The van der Waals surface area contributed by atoms with Gasteiger partial charge in [-0.15, -0.1) is 0 Å². The molecule has 0 bridgehead atoms. The second-order valence-corrected chi connectivity index (χ2v) is 5.21. The molecular formula is C16H16F3N3O3. The summed E-state index contributed by atoms with van der Waals surface area (Å²) < 4.78 is 41.6. The maximum Gasteiger partial charge on any atom is 0.471 e. The molecule has 25 heavy (non-hydrogen) atoms. The van der Waals surface area contributed by atoms with Crippen molar-refractivity contribution >= 4 is 11.7 Å². The standard InChI is InChI=1S/C16H16F3N3O3/c1-3-12(23)14(24)22(4-2)9-10-5-7-11(8-6-10)13-20-15(25-21-13)16(17,18)19/h5-8H,3-4,9H2,1-2H3. The quantitative estimate of drug-likeness (QED) is 0.744. The van der Waals surface area contributed by atoms with Gasteiger partial charge in [-0.3, -0.25) is 9.59 Å². The first-order chi connectivity index (χ1) is 11.8. The summed E-state index contributed by atoms with van der Waals surface area (Å²) in [6, 6.07) is 6.32. The Morgan fingerprint density at radius 3 is 2.28 bits per heavy atom. The van der Waals surface area contributed by atoms with Crippen LogP contribution in [-0.2, 0) is 22.3 Å². The number of likely N-dealkylation sites (N-methyl/N-ethyl adjacent to an activating group) is 1. The highest BCUT2D eigenvalue weighted by Crippen LogP contribution is 2.29. The largest absolute Gasteiger partial charge is 0.471 e. The molecule has 9 heteroatoms. The zero-order valence-electron chi connectivity index (χ0n) is 13.6. The molecule has 0 spiro atoms. The van der Waals surface area contributed by atoms with Crippen molar-refractivity contribution < 1.29 is 27.3 Å². The highest BCUT2D eigenvalue weighted by Gasteiger charge is 2.38. The van der Waals surface area contributed by atoms with Crippen LogP contribution in [0.2, 0.25) is 0 Å². The number of amides is 1. The molecule has 6 nitrogen and oxygen atoms in total. The summed E-state index contributed by atoms with van der Waals surface area (Å²) in [7, 11) is 0. The number of aromatic nitrogens is 2. The number of carbonyl (C=O) groups is 2. The van der Waals surface area contributed by atoms with E-state index in [4.69, 9.17) is 0 Å². The number of nitrogens with zero attached hydrogens (tertiary/aromatic N) is 3. The maximum atomic E-state index is 12.5. The molecular weight excluding hydrogens is 339 g/mol. The highest BCUT2D eigenvalue weighted by atomic mass is 19.4. The molecule has 0 atom stereocenters. The van der Waals surface area contributed by atoms with E-state index in [1.165, 1.54) is 17.0 Å². The number of benzene rings is 1. The van der Waals surface area contributed by atoms with Gasteiger partial charge >= 0.3 is 12.1 Å². The van der Waals surface area contributed by atoms with Crippen LogP contribution in [0.15, 0.2) is 28.8 Å². The normalized spacial score (nSPS) is 11.4. The molecule has 0 radical (unpaired) electrons. The van der Waals surface area contributed by atoms with Crippen LogP contribution >= 0.6 is 0 Å². The van der Waals surface area contributed by atoms with Crippen molar-refractivity contribution in [2.45, 2.75) is 33.0 Å². The minimum Gasteiger partial charge on any atom is -0.332 e. The summed E-state index contributed by atoms with van der Waals surface area (Å²) in [5, 5.41) is 3.31. The smallest absolute Gasteiger partial charge is 0.332 e. The molecule has 0 unspecified atom stereocenters. The van der Waals surface area contributed by atoms with Gasteiger partial charge in [0.1, 0.15) is 0 Å². The maximum absolute atomic E-state index is 12.5. The number of alkyl halides is 3. The van der Waals surface area contributed by atoms with E-state index in [2.05, 4.69) is 14.7 Å². The van der Waals surface area contributed by atoms with Gasteiger partial charge in [-0.05, 0) is 12.5 Å².